The Morgan fingerprint density at radius 2 is 2.16 bits per heavy atom. The van der Waals surface area contributed by atoms with Gasteiger partial charge in [0.05, 0.1) is 13.1 Å². The van der Waals surface area contributed by atoms with Gasteiger partial charge in [0.25, 0.3) is 0 Å². The van der Waals surface area contributed by atoms with E-state index in [4.69, 9.17) is 4.42 Å². The van der Waals surface area contributed by atoms with Crippen molar-refractivity contribution in [3.05, 3.63) is 36.3 Å². The van der Waals surface area contributed by atoms with Gasteiger partial charge in [-0.1, -0.05) is 19.9 Å². The summed E-state index contributed by atoms with van der Waals surface area (Å²) in [5.74, 6) is 2.77. The van der Waals surface area contributed by atoms with Gasteiger partial charge in [-0.15, -0.1) is 6.58 Å². The second kappa shape index (κ2) is 6.92. The first-order chi connectivity index (χ1) is 9.19. The normalized spacial score (nSPS) is 15.4. The van der Waals surface area contributed by atoms with Crippen LogP contribution in [0.3, 0.4) is 0 Å². The van der Waals surface area contributed by atoms with Gasteiger partial charge in [0, 0.05) is 12.6 Å². The number of nitrogens with one attached hydrogen (secondary N) is 1. The summed E-state index contributed by atoms with van der Waals surface area (Å²) in [4.78, 5) is 2.44. The van der Waals surface area contributed by atoms with Crippen LogP contribution in [0.4, 0.5) is 0 Å². The third kappa shape index (κ3) is 4.84. The van der Waals surface area contributed by atoms with Crippen LogP contribution in [-0.2, 0) is 13.1 Å². The fraction of sp³-hybridized carbons (Fsp3) is 0.625. The van der Waals surface area contributed by atoms with Crippen LogP contribution in [0.2, 0.25) is 0 Å². The summed E-state index contributed by atoms with van der Waals surface area (Å²) in [7, 11) is 0. The molecule has 3 nitrogen and oxygen atoms in total. The quantitative estimate of drug-likeness (QED) is 0.693. The maximum atomic E-state index is 5.88. The van der Waals surface area contributed by atoms with Crippen molar-refractivity contribution in [1.82, 2.24) is 10.2 Å². The fourth-order valence-electron chi connectivity index (χ4n) is 2.23. The van der Waals surface area contributed by atoms with E-state index in [1.807, 2.05) is 6.08 Å². The summed E-state index contributed by atoms with van der Waals surface area (Å²) >= 11 is 0. The highest BCUT2D eigenvalue weighted by atomic mass is 16.3. The van der Waals surface area contributed by atoms with Crippen LogP contribution in [0.5, 0.6) is 0 Å². The summed E-state index contributed by atoms with van der Waals surface area (Å²) in [5, 5.41) is 3.40. The summed E-state index contributed by atoms with van der Waals surface area (Å²) < 4.78 is 5.88. The Balaban J connectivity index is 1.80. The Morgan fingerprint density at radius 1 is 1.42 bits per heavy atom. The summed E-state index contributed by atoms with van der Waals surface area (Å²) in [5.41, 5.74) is 0. The van der Waals surface area contributed by atoms with Gasteiger partial charge in [-0.05, 0) is 37.4 Å². The molecule has 0 spiro atoms. The molecular weight excluding hydrogens is 236 g/mol. The van der Waals surface area contributed by atoms with Crippen LogP contribution >= 0.6 is 0 Å². The molecule has 1 aliphatic rings. The molecule has 1 fully saturated rings. The molecule has 0 amide bonds. The maximum Gasteiger partial charge on any atom is 0.118 e. The van der Waals surface area contributed by atoms with Crippen LogP contribution in [0.1, 0.15) is 38.2 Å². The van der Waals surface area contributed by atoms with Crippen molar-refractivity contribution in [2.75, 3.05) is 13.1 Å². The molecule has 0 saturated heterocycles. The van der Waals surface area contributed by atoms with Crippen molar-refractivity contribution >= 4 is 0 Å². The van der Waals surface area contributed by atoms with E-state index in [1.54, 1.807) is 0 Å². The topological polar surface area (TPSA) is 28.4 Å². The standard InChI is InChI=1S/C16H26N2O/c1-4-9-18(14-5-6-14)12-16-8-7-15(19-16)11-17-10-13(2)3/h4,7-8,13-14,17H,1,5-6,9-12H2,2-3H3. The van der Waals surface area contributed by atoms with E-state index in [2.05, 4.69) is 42.8 Å². The molecule has 0 aromatic carbocycles. The second-order valence-corrected chi connectivity index (χ2v) is 5.84. The second-order valence-electron chi connectivity index (χ2n) is 5.84. The minimum Gasteiger partial charge on any atom is -0.463 e. The minimum atomic E-state index is 0.674. The molecule has 0 bridgehead atoms. The highest BCUT2D eigenvalue weighted by Crippen LogP contribution is 2.28. The molecule has 19 heavy (non-hydrogen) atoms. The average molecular weight is 262 g/mol. The zero-order valence-corrected chi connectivity index (χ0v) is 12.2. The van der Waals surface area contributed by atoms with Gasteiger partial charge in [0.2, 0.25) is 0 Å². The predicted octanol–water partition coefficient (Wildman–Crippen LogP) is 3.18. The van der Waals surface area contributed by atoms with E-state index in [-0.39, 0.29) is 0 Å². The van der Waals surface area contributed by atoms with Crippen molar-refractivity contribution in [3.63, 3.8) is 0 Å². The molecule has 2 rings (SSSR count). The Labute approximate surface area is 116 Å². The highest BCUT2D eigenvalue weighted by Gasteiger charge is 2.28. The molecule has 1 saturated carbocycles. The summed E-state index contributed by atoms with van der Waals surface area (Å²) in [6.07, 6.45) is 4.61. The first kappa shape index (κ1) is 14.4. The molecule has 0 radical (unpaired) electrons. The number of hydrogen-bond donors (Lipinski definition) is 1. The van der Waals surface area contributed by atoms with Gasteiger partial charge >= 0.3 is 0 Å². The molecule has 1 N–H and O–H groups in total. The zero-order valence-electron chi connectivity index (χ0n) is 12.2. The smallest absolute Gasteiger partial charge is 0.118 e. The minimum absolute atomic E-state index is 0.674. The van der Waals surface area contributed by atoms with Gasteiger partial charge in [0.1, 0.15) is 11.5 Å². The lowest BCUT2D eigenvalue weighted by molar-refractivity contribution is 0.254. The molecule has 106 valence electrons. The Hall–Kier alpha value is -1.06. The summed E-state index contributed by atoms with van der Waals surface area (Å²) in [6.45, 7) is 12.0. The largest absolute Gasteiger partial charge is 0.463 e. The van der Waals surface area contributed by atoms with Gasteiger partial charge in [-0.2, -0.15) is 0 Å². The Kier molecular flexibility index (Phi) is 5.23. The average Bonchev–Trinajstić information content (AvgIpc) is 3.11. The van der Waals surface area contributed by atoms with Crippen LogP contribution in [-0.4, -0.2) is 24.0 Å². The molecule has 1 heterocycles. The molecule has 0 aliphatic heterocycles. The number of nitrogens with zero attached hydrogens (tertiary/aromatic N) is 1. The van der Waals surface area contributed by atoms with Crippen LogP contribution in [0, 0.1) is 5.92 Å². The Morgan fingerprint density at radius 3 is 2.79 bits per heavy atom. The fourth-order valence-corrected chi connectivity index (χ4v) is 2.23. The van der Waals surface area contributed by atoms with Crippen molar-refractivity contribution in [2.24, 2.45) is 5.92 Å². The molecule has 3 heteroatoms. The zero-order chi connectivity index (χ0) is 13.7. The number of furan rings is 1. The summed E-state index contributed by atoms with van der Waals surface area (Å²) in [6, 6.07) is 4.93. The molecule has 1 aromatic rings. The van der Waals surface area contributed by atoms with Gasteiger partial charge < -0.3 is 9.73 Å². The van der Waals surface area contributed by atoms with E-state index < -0.39 is 0 Å². The Bertz CT molecular complexity index is 393. The highest BCUT2D eigenvalue weighted by molar-refractivity contribution is 5.08. The van der Waals surface area contributed by atoms with Crippen LogP contribution < -0.4 is 5.32 Å². The lowest BCUT2D eigenvalue weighted by Crippen LogP contribution is -2.25. The first-order valence-electron chi connectivity index (χ1n) is 7.32. The van der Waals surface area contributed by atoms with E-state index in [0.717, 1.165) is 43.7 Å². The van der Waals surface area contributed by atoms with Crippen LogP contribution in [0.25, 0.3) is 0 Å². The van der Waals surface area contributed by atoms with Gasteiger partial charge in [0.15, 0.2) is 0 Å². The van der Waals surface area contributed by atoms with Crippen molar-refractivity contribution in [3.8, 4) is 0 Å². The van der Waals surface area contributed by atoms with Crippen molar-refractivity contribution < 1.29 is 4.42 Å². The molecule has 1 aromatic heterocycles. The number of hydrogen-bond acceptors (Lipinski definition) is 3. The number of rotatable bonds is 9. The van der Waals surface area contributed by atoms with E-state index in [9.17, 15) is 0 Å². The van der Waals surface area contributed by atoms with Crippen molar-refractivity contribution in [2.45, 2.75) is 45.8 Å². The maximum absolute atomic E-state index is 5.88. The SMILES string of the molecule is C=CCN(Cc1ccc(CNCC(C)C)o1)C1CC1. The lowest BCUT2D eigenvalue weighted by atomic mass is 10.2. The van der Waals surface area contributed by atoms with Gasteiger partial charge in [-0.25, -0.2) is 0 Å². The molecular formula is C16H26N2O. The molecule has 0 atom stereocenters. The van der Waals surface area contributed by atoms with Crippen molar-refractivity contribution in [1.29, 1.82) is 0 Å². The first-order valence-corrected chi connectivity index (χ1v) is 7.32. The van der Waals surface area contributed by atoms with Gasteiger partial charge in [-0.3, -0.25) is 4.90 Å². The van der Waals surface area contributed by atoms with E-state index in [1.165, 1.54) is 12.8 Å². The molecule has 0 unspecified atom stereocenters. The van der Waals surface area contributed by atoms with E-state index >= 15 is 0 Å². The third-order valence-electron chi connectivity index (χ3n) is 3.35. The monoisotopic (exact) mass is 262 g/mol. The third-order valence-corrected chi connectivity index (χ3v) is 3.35. The van der Waals surface area contributed by atoms with Crippen LogP contribution in [0.15, 0.2) is 29.2 Å². The lowest BCUT2D eigenvalue weighted by Gasteiger charge is -2.18. The van der Waals surface area contributed by atoms with E-state index in [0.29, 0.717) is 5.92 Å². The molecule has 1 aliphatic carbocycles. The predicted molar refractivity (Wildman–Crippen MR) is 78.9 cm³/mol.